The SMILES string of the molecule is CCOc1cc(N2CCC(N3CCN(CCc4cc(F)c(C5CCC(=O)NC5=O)c(F)c4)CC3)CC2)c(CC)cc1Nc1ncc(Br)c(Nc2ccc3nc(CC)ccc3c2P2(=O)CCCC2)n1. The minimum absolute atomic E-state index is 0.0656. The average molecular weight is 1010 g/mol. The van der Waals surface area contributed by atoms with Crippen molar-refractivity contribution in [2.24, 2.45) is 0 Å². The van der Waals surface area contributed by atoms with Crippen LogP contribution in [0.1, 0.15) is 87.6 Å². The number of anilines is 5. The molecule has 4 aliphatic rings. The number of aryl methyl sites for hydroxylation is 2. The van der Waals surface area contributed by atoms with Crippen molar-refractivity contribution in [2.45, 2.75) is 90.5 Å². The van der Waals surface area contributed by atoms with Crippen molar-refractivity contribution in [3.05, 3.63) is 93.2 Å². The number of halogens is 3. The highest BCUT2D eigenvalue weighted by Crippen LogP contribution is 2.54. The lowest BCUT2D eigenvalue weighted by molar-refractivity contribution is -0.134. The zero-order valence-corrected chi connectivity index (χ0v) is 41.7. The van der Waals surface area contributed by atoms with Gasteiger partial charge in [0, 0.05) is 110 Å². The molecule has 9 rings (SSSR count). The number of imide groups is 1. The molecule has 0 bridgehead atoms. The molecule has 3 N–H and O–H groups in total. The number of carbonyl (C=O) groups is 2. The molecule has 5 aromatic rings. The Morgan fingerprint density at radius 1 is 0.868 bits per heavy atom. The Balaban J connectivity index is 0.827. The molecule has 6 heterocycles. The fourth-order valence-corrected chi connectivity index (χ4v) is 14.2. The van der Waals surface area contributed by atoms with Gasteiger partial charge in [0.1, 0.15) is 30.3 Å². The van der Waals surface area contributed by atoms with E-state index in [0.29, 0.717) is 59.7 Å². The molecule has 1 atom stereocenters. The second-order valence-electron chi connectivity index (χ2n) is 18.5. The van der Waals surface area contributed by atoms with Crippen LogP contribution in [0.15, 0.2) is 59.2 Å². The first-order valence-corrected chi connectivity index (χ1v) is 27.2. The molecule has 0 saturated carbocycles. The molecule has 1 unspecified atom stereocenters. The maximum absolute atomic E-state index is 15.1. The summed E-state index contributed by atoms with van der Waals surface area (Å²) in [4.78, 5) is 45.7. The maximum Gasteiger partial charge on any atom is 0.234 e. The monoisotopic (exact) mass is 1010 g/mol. The molecule has 68 heavy (non-hydrogen) atoms. The van der Waals surface area contributed by atoms with E-state index >= 15 is 8.78 Å². The van der Waals surface area contributed by atoms with Gasteiger partial charge in [-0.1, -0.05) is 19.9 Å². The van der Waals surface area contributed by atoms with Gasteiger partial charge in [-0.15, -0.1) is 0 Å². The zero-order valence-electron chi connectivity index (χ0n) is 39.2. The number of amides is 2. The average Bonchev–Trinajstić information content (AvgIpc) is 3.79. The third-order valence-electron chi connectivity index (χ3n) is 14.2. The number of fused-ring (bicyclic) bond motifs is 1. The first-order chi connectivity index (χ1) is 32.9. The summed E-state index contributed by atoms with van der Waals surface area (Å²) in [7, 11) is -2.65. The number of hydrogen-bond acceptors (Lipinski definition) is 12. The van der Waals surface area contributed by atoms with Crippen LogP contribution in [0.2, 0.25) is 0 Å². The van der Waals surface area contributed by atoms with Gasteiger partial charge in [0.15, 0.2) is 0 Å². The predicted molar refractivity (Wildman–Crippen MR) is 269 cm³/mol. The van der Waals surface area contributed by atoms with Crippen LogP contribution in [-0.2, 0) is 33.4 Å². The van der Waals surface area contributed by atoms with E-state index < -0.39 is 36.5 Å². The van der Waals surface area contributed by atoms with Gasteiger partial charge in [0.25, 0.3) is 0 Å². The first kappa shape index (κ1) is 48.0. The summed E-state index contributed by atoms with van der Waals surface area (Å²) in [5.41, 5.74) is 6.11. The van der Waals surface area contributed by atoms with Crippen molar-refractivity contribution in [3.63, 3.8) is 0 Å². The lowest BCUT2D eigenvalue weighted by Gasteiger charge is -2.43. The largest absolute Gasteiger partial charge is 0.492 e. The van der Waals surface area contributed by atoms with Crippen LogP contribution in [0, 0.1) is 11.6 Å². The van der Waals surface area contributed by atoms with E-state index in [-0.39, 0.29) is 18.4 Å². The molecule has 4 fully saturated rings. The molecular weight excluding hydrogens is 951 g/mol. The Labute approximate surface area is 405 Å². The Morgan fingerprint density at radius 3 is 2.31 bits per heavy atom. The number of aromatic nitrogens is 3. The van der Waals surface area contributed by atoms with E-state index in [9.17, 15) is 14.2 Å². The van der Waals surface area contributed by atoms with E-state index in [1.165, 1.54) is 23.4 Å². The van der Waals surface area contributed by atoms with Crippen molar-refractivity contribution in [1.82, 2.24) is 30.1 Å². The molecule has 0 spiro atoms. The van der Waals surface area contributed by atoms with Crippen molar-refractivity contribution in [2.75, 3.05) is 80.3 Å². The number of hydrogen-bond donors (Lipinski definition) is 3. The summed E-state index contributed by atoms with van der Waals surface area (Å²) in [5, 5.41) is 11.0. The van der Waals surface area contributed by atoms with Crippen LogP contribution < -0.4 is 30.9 Å². The van der Waals surface area contributed by atoms with Crippen LogP contribution >= 0.6 is 23.1 Å². The molecule has 2 aromatic heterocycles. The number of piperidine rings is 2. The van der Waals surface area contributed by atoms with Gasteiger partial charge in [0.05, 0.1) is 33.9 Å². The molecule has 0 aliphatic carbocycles. The van der Waals surface area contributed by atoms with E-state index in [0.717, 1.165) is 117 Å². The standard InChI is InChI=1S/C51H61BrF2N9O4P/c1-4-33-29-43(58-51-55-31-38(52)49(60-51)57-42-13-12-41-36(10-9-34(5-2)56-41)48(42)68(66)25-7-8-26-68)45(67-6-3)30-44(33)63-19-16-35(17-20-63)62-23-21-61(22-24-62)18-15-32-27-39(53)47(40(54)28-32)37-11-14-46(64)59-50(37)65/h9-10,12-13,27-31,35,37H,4-8,11,14-26H2,1-3H3,(H,59,64,65)(H2,55,57,58,60). The third-order valence-corrected chi connectivity index (χ3v) is 18.2. The Bertz CT molecular complexity index is 2710. The highest BCUT2D eigenvalue weighted by molar-refractivity contribution is 9.10. The molecule has 3 aromatic carbocycles. The van der Waals surface area contributed by atoms with Crippen molar-refractivity contribution < 1.29 is 27.7 Å². The van der Waals surface area contributed by atoms with Crippen LogP contribution in [0.4, 0.5) is 37.6 Å². The third kappa shape index (κ3) is 10.3. The number of ether oxygens (including phenoxy) is 1. The van der Waals surface area contributed by atoms with Gasteiger partial charge in [-0.3, -0.25) is 24.8 Å². The topological polar surface area (TPSA) is 145 Å². The fraction of sp³-hybridized carbons (Fsp3) is 0.471. The van der Waals surface area contributed by atoms with E-state index in [4.69, 9.17) is 14.7 Å². The highest BCUT2D eigenvalue weighted by atomic mass is 79.9. The predicted octanol–water partition coefficient (Wildman–Crippen LogP) is 9.21. The van der Waals surface area contributed by atoms with Gasteiger partial charge < -0.3 is 29.7 Å². The molecule has 13 nitrogen and oxygen atoms in total. The molecule has 360 valence electrons. The lowest BCUT2D eigenvalue weighted by Crippen LogP contribution is -2.53. The number of nitrogens with one attached hydrogen (secondary N) is 3. The number of nitrogens with zero attached hydrogens (tertiary/aromatic N) is 6. The smallest absolute Gasteiger partial charge is 0.234 e. The van der Waals surface area contributed by atoms with E-state index in [1.807, 2.05) is 25.1 Å². The summed E-state index contributed by atoms with van der Waals surface area (Å²) < 4.78 is 51.8. The number of rotatable bonds is 15. The molecule has 4 saturated heterocycles. The van der Waals surface area contributed by atoms with Crippen LogP contribution in [-0.4, -0.2) is 107 Å². The maximum atomic E-state index is 15.1. The first-order valence-electron chi connectivity index (χ1n) is 24.3. The minimum Gasteiger partial charge on any atom is -0.492 e. The van der Waals surface area contributed by atoms with E-state index in [2.05, 4.69) is 83.6 Å². The van der Waals surface area contributed by atoms with Gasteiger partial charge in [0.2, 0.25) is 17.8 Å². The van der Waals surface area contributed by atoms with Crippen molar-refractivity contribution >= 4 is 79.9 Å². The van der Waals surface area contributed by atoms with Crippen molar-refractivity contribution in [1.29, 1.82) is 0 Å². The number of piperazine rings is 1. The molecule has 0 radical (unpaired) electrons. The molecule has 4 aliphatic heterocycles. The fourth-order valence-electron chi connectivity index (χ4n) is 10.6. The molecular formula is C51H61BrF2N9O4P. The van der Waals surface area contributed by atoms with Gasteiger partial charge in [-0.2, -0.15) is 4.98 Å². The minimum atomic E-state index is -2.65. The second-order valence-corrected chi connectivity index (χ2v) is 22.4. The number of carbonyl (C=O) groups excluding carboxylic acids is 2. The second kappa shape index (κ2) is 20.9. The molecule has 17 heteroatoms. The summed E-state index contributed by atoms with van der Waals surface area (Å²) >= 11 is 3.68. The summed E-state index contributed by atoms with van der Waals surface area (Å²) in [6, 6.07) is 15.6. The summed E-state index contributed by atoms with van der Waals surface area (Å²) in [6.45, 7) is 12.9. The van der Waals surface area contributed by atoms with Gasteiger partial charge >= 0.3 is 0 Å². The van der Waals surface area contributed by atoms with E-state index in [1.54, 1.807) is 6.20 Å². The van der Waals surface area contributed by atoms with Crippen LogP contribution in [0.5, 0.6) is 5.75 Å². The normalized spacial score (nSPS) is 19.4. The van der Waals surface area contributed by atoms with Crippen LogP contribution in [0.3, 0.4) is 0 Å². The zero-order chi connectivity index (χ0) is 47.5. The quantitative estimate of drug-likeness (QED) is 0.0680. The van der Waals surface area contributed by atoms with Crippen LogP contribution in [0.25, 0.3) is 10.9 Å². The van der Waals surface area contributed by atoms with Gasteiger partial charge in [-0.05, 0) is 122 Å². The highest BCUT2D eigenvalue weighted by Gasteiger charge is 2.35. The Morgan fingerprint density at radius 2 is 1.62 bits per heavy atom. The number of benzene rings is 3. The van der Waals surface area contributed by atoms with Gasteiger partial charge in [-0.25, -0.2) is 13.8 Å². The van der Waals surface area contributed by atoms with Crippen molar-refractivity contribution in [3.8, 4) is 5.75 Å². The lowest BCUT2D eigenvalue weighted by atomic mass is 9.89. The Kier molecular flexibility index (Phi) is 14.8. The number of pyridine rings is 1. The Hall–Kier alpha value is -5.02. The summed E-state index contributed by atoms with van der Waals surface area (Å²) in [6.07, 6.45) is 9.42. The molecule has 2 amide bonds. The summed E-state index contributed by atoms with van der Waals surface area (Å²) in [5.74, 6) is -1.82.